The van der Waals surface area contributed by atoms with Crippen LogP contribution in [-0.2, 0) is 9.63 Å². The Balaban J connectivity index is 1.94. The van der Waals surface area contributed by atoms with E-state index in [1.54, 1.807) is 6.92 Å². The molecule has 78 valence electrons. The van der Waals surface area contributed by atoms with E-state index in [0.717, 1.165) is 37.0 Å². The molecule has 14 heavy (non-hydrogen) atoms. The van der Waals surface area contributed by atoms with Crippen molar-refractivity contribution in [1.82, 2.24) is 4.90 Å². The van der Waals surface area contributed by atoms with Gasteiger partial charge in [0.1, 0.15) is 10.2 Å². The molecular formula is C9H13BrN2O2. The number of halogens is 1. The van der Waals surface area contributed by atoms with Gasteiger partial charge in [-0.25, -0.2) is 0 Å². The molecule has 0 aliphatic carbocycles. The number of rotatable bonds is 0. The Morgan fingerprint density at radius 1 is 1.57 bits per heavy atom. The fourth-order valence-electron chi connectivity index (χ4n) is 1.97. The van der Waals surface area contributed by atoms with Crippen molar-refractivity contribution in [2.75, 3.05) is 13.1 Å². The van der Waals surface area contributed by atoms with Crippen molar-refractivity contribution in [2.24, 2.45) is 5.16 Å². The maximum absolute atomic E-state index is 11.1. The topological polar surface area (TPSA) is 41.9 Å². The van der Waals surface area contributed by atoms with E-state index in [1.165, 1.54) is 0 Å². The van der Waals surface area contributed by atoms with Gasteiger partial charge in [0.25, 0.3) is 0 Å². The summed E-state index contributed by atoms with van der Waals surface area (Å²) >= 11 is 3.34. The monoisotopic (exact) mass is 260 g/mol. The van der Waals surface area contributed by atoms with Crippen LogP contribution in [0, 0.1) is 0 Å². The summed E-state index contributed by atoms with van der Waals surface area (Å²) in [4.78, 5) is 18.4. The predicted octanol–water partition coefficient (Wildman–Crippen LogP) is 1.50. The van der Waals surface area contributed by atoms with Crippen LogP contribution in [0.15, 0.2) is 5.16 Å². The molecule has 0 N–H and O–H groups in total. The second kappa shape index (κ2) is 3.53. The van der Waals surface area contributed by atoms with E-state index in [1.807, 2.05) is 4.90 Å². The van der Waals surface area contributed by atoms with Gasteiger partial charge >= 0.3 is 0 Å². The highest BCUT2D eigenvalue weighted by molar-refractivity contribution is 9.18. The third kappa shape index (κ3) is 1.78. The van der Waals surface area contributed by atoms with Crippen molar-refractivity contribution >= 4 is 26.5 Å². The second-order valence-corrected chi connectivity index (χ2v) is 4.84. The molecule has 2 aliphatic rings. The lowest BCUT2D eigenvalue weighted by atomic mass is 9.89. The summed E-state index contributed by atoms with van der Waals surface area (Å²) in [5.41, 5.74) is -0.134. The zero-order valence-corrected chi connectivity index (χ0v) is 9.71. The van der Waals surface area contributed by atoms with Gasteiger partial charge in [-0.3, -0.25) is 4.79 Å². The summed E-state index contributed by atoms with van der Waals surface area (Å²) in [6.07, 6.45) is 2.61. The number of piperidine rings is 1. The quantitative estimate of drug-likeness (QED) is 0.663. The molecule has 2 heterocycles. The molecule has 2 rings (SSSR count). The fraction of sp³-hybridized carbons (Fsp3) is 0.778. The van der Waals surface area contributed by atoms with Gasteiger partial charge in [-0.1, -0.05) is 5.16 Å². The maximum atomic E-state index is 11.1. The molecule has 0 unspecified atom stereocenters. The third-order valence-corrected chi connectivity index (χ3v) is 3.35. The number of oxime groups is 1. The highest BCUT2D eigenvalue weighted by atomic mass is 79.9. The molecule has 0 atom stereocenters. The molecule has 0 radical (unpaired) electrons. The molecular weight excluding hydrogens is 248 g/mol. The van der Waals surface area contributed by atoms with Crippen LogP contribution in [0.5, 0.6) is 0 Å². The Hall–Kier alpha value is -0.580. The summed E-state index contributed by atoms with van der Waals surface area (Å²) < 4.78 is 0.883. The summed E-state index contributed by atoms with van der Waals surface area (Å²) in [7, 11) is 0. The summed E-state index contributed by atoms with van der Waals surface area (Å²) in [6, 6.07) is 0. The number of carbonyl (C=O) groups is 1. The molecule has 0 aromatic heterocycles. The summed E-state index contributed by atoms with van der Waals surface area (Å²) in [5.74, 6) is 0.151. The van der Waals surface area contributed by atoms with Crippen molar-refractivity contribution in [3.63, 3.8) is 0 Å². The Labute approximate surface area is 91.4 Å². The lowest BCUT2D eigenvalue weighted by molar-refractivity contribution is -0.134. The van der Waals surface area contributed by atoms with Crippen molar-refractivity contribution < 1.29 is 9.63 Å². The zero-order valence-electron chi connectivity index (χ0n) is 8.12. The van der Waals surface area contributed by atoms with Crippen LogP contribution >= 0.6 is 15.9 Å². The zero-order chi connectivity index (χ0) is 10.2. The minimum Gasteiger partial charge on any atom is -0.388 e. The van der Waals surface area contributed by atoms with E-state index < -0.39 is 0 Å². The maximum Gasteiger partial charge on any atom is 0.219 e. The highest BCUT2D eigenvalue weighted by Gasteiger charge is 2.41. The SMILES string of the molecule is CC(=O)N1CCC2(CC1)CC(Br)=NO2. The van der Waals surface area contributed by atoms with Gasteiger partial charge < -0.3 is 9.74 Å². The van der Waals surface area contributed by atoms with Crippen molar-refractivity contribution in [3.05, 3.63) is 0 Å². The van der Waals surface area contributed by atoms with E-state index in [9.17, 15) is 4.79 Å². The van der Waals surface area contributed by atoms with Gasteiger partial charge in [0.2, 0.25) is 5.91 Å². The molecule has 1 amide bonds. The van der Waals surface area contributed by atoms with Crippen LogP contribution in [0.25, 0.3) is 0 Å². The lowest BCUT2D eigenvalue weighted by Crippen LogP contribution is -2.45. The van der Waals surface area contributed by atoms with Crippen LogP contribution in [0.4, 0.5) is 0 Å². The first-order chi connectivity index (χ1) is 6.61. The van der Waals surface area contributed by atoms with Crippen LogP contribution in [0.3, 0.4) is 0 Å². The fourth-order valence-corrected chi connectivity index (χ4v) is 2.56. The predicted molar refractivity (Wildman–Crippen MR) is 56.3 cm³/mol. The minimum absolute atomic E-state index is 0.134. The van der Waals surface area contributed by atoms with Gasteiger partial charge in [-0.2, -0.15) is 0 Å². The van der Waals surface area contributed by atoms with E-state index in [4.69, 9.17) is 4.84 Å². The first kappa shape index (κ1) is 9.96. The standard InChI is InChI=1S/C9H13BrN2O2/c1-7(13)12-4-2-9(3-5-12)6-8(10)11-14-9/h2-6H2,1H3. The molecule has 1 fully saturated rings. The van der Waals surface area contributed by atoms with Crippen molar-refractivity contribution in [1.29, 1.82) is 0 Å². The molecule has 0 saturated carbocycles. The number of hydrogen-bond acceptors (Lipinski definition) is 3. The summed E-state index contributed by atoms with van der Waals surface area (Å²) in [5, 5.41) is 3.91. The normalized spacial score (nSPS) is 24.7. The number of nitrogens with zero attached hydrogens (tertiary/aromatic N) is 2. The number of amides is 1. The molecule has 0 bridgehead atoms. The van der Waals surface area contributed by atoms with Crippen LogP contribution in [0.1, 0.15) is 26.2 Å². The van der Waals surface area contributed by atoms with Gasteiger partial charge in [-0.05, 0) is 15.9 Å². The molecule has 1 saturated heterocycles. The third-order valence-electron chi connectivity index (χ3n) is 2.93. The molecule has 1 spiro atoms. The number of carbonyl (C=O) groups excluding carboxylic acids is 1. The Kier molecular flexibility index (Phi) is 2.51. The minimum atomic E-state index is -0.134. The van der Waals surface area contributed by atoms with E-state index in [2.05, 4.69) is 21.1 Å². The Bertz CT molecular complexity index is 283. The first-order valence-corrected chi connectivity index (χ1v) is 5.57. The highest BCUT2D eigenvalue weighted by Crippen LogP contribution is 2.35. The average Bonchev–Trinajstić information content (AvgIpc) is 2.48. The van der Waals surface area contributed by atoms with Gasteiger partial charge in [-0.15, -0.1) is 0 Å². The molecule has 0 aromatic carbocycles. The van der Waals surface area contributed by atoms with Gasteiger partial charge in [0.05, 0.1) is 0 Å². The van der Waals surface area contributed by atoms with Crippen LogP contribution < -0.4 is 0 Å². The summed E-state index contributed by atoms with van der Waals surface area (Å²) in [6.45, 7) is 3.18. The average molecular weight is 261 g/mol. The second-order valence-electron chi connectivity index (χ2n) is 3.92. The van der Waals surface area contributed by atoms with Crippen molar-refractivity contribution in [3.8, 4) is 0 Å². The van der Waals surface area contributed by atoms with Crippen LogP contribution in [0.2, 0.25) is 0 Å². The molecule has 2 aliphatic heterocycles. The largest absolute Gasteiger partial charge is 0.388 e. The van der Waals surface area contributed by atoms with E-state index in [-0.39, 0.29) is 11.5 Å². The van der Waals surface area contributed by atoms with Crippen molar-refractivity contribution in [2.45, 2.75) is 31.8 Å². The first-order valence-electron chi connectivity index (χ1n) is 4.77. The van der Waals surface area contributed by atoms with E-state index in [0.29, 0.717) is 0 Å². The number of hydrogen-bond donors (Lipinski definition) is 0. The Morgan fingerprint density at radius 2 is 2.21 bits per heavy atom. The Morgan fingerprint density at radius 3 is 2.64 bits per heavy atom. The lowest BCUT2D eigenvalue weighted by Gasteiger charge is -2.36. The van der Waals surface area contributed by atoms with E-state index >= 15 is 0 Å². The van der Waals surface area contributed by atoms with Crippen LogP contribution in [-0.4, -0.2) is 34.1 Å². The van der Waals surface area contributed by atoms with Gasteiger partial charge in [0, 0.05) is 39.3 Å². The molecule has 0 aromatic rings. The molecule has 5 heteroatoms. The smallest absolute Gasteiger partial charge is 0.219 e. The number of likely N-dealkylation sites (tertiary alicyclic amines) is 1. The van der Waals surface area contributed by atoms with Gasteiger partial charge in [0.15, 0.2) is 0 Å². The molecule has 4 nitrogen and oxygen atoms in total.